The molecule has 0 unspecified atom stereocenters. The smallest absolute Gasteiger partial charge is 0.310 e. The predicted octanol–water partition coefficient (Wildman–Crippen LogP) is 2.92. The van der Waals surface area contributed by atoms with Crippen molar-refractivity contribution in [1.82, 2.24) is 4.98 Å². The van der Waals surface area contributed by atoms with E-state index in [9.17, 15) is 15.2 Å². The molecule has 0 amide bonds. The number of aryl methyl sites for hydroxylation is 1. The minimum atomic E-state index is -0.608. The maximum Gasteiger partial charge on any atom is 0.310 e. The van der Waals surface area contributed by atoms with Gasteiger partial charge >= 0.3 is 5.69 Å². The average molecular weight is 244 g/mol. The molecule has 0 aliphatic carbocycles. The molecule has 2 rings (SSSR count). The lowest BCUT2D eigenvalue weighted by Crippen LogP contribution is -1.90. The lowest BCUT2D eigenvalue weighted by Gasteiger charge is -2.04. The van der Waals surface area contributed by atoms with E-state index in [0.717, 1.165) is 23.2 Å². The molecule has 0 spiro atoms. The summed E-state index contributed by atoms with van der Waals surface area (Å²) in [6, 6.07) is 8.02. The van der Waals surface area contributed by atoms with E-state index in [4.69, 9.17) is 0 Å². The van der Waals surface area contributed by atoms with Crippen LogP contribution in [0.15, 0.2) is 36.5 Å². The topological polar surface area (TPSA) is 76.3 Å². The Morgan fingerprint density at radius 2 is 2.00 bits per heavy atom. The van der Waals surface area contributed by atoms with E-state index in [1.54, 1.807) is 18.3 Å². The van der Waals surface area contributed by atoms with Gasteiger partial charge in [-0.15, -0.1) is 0 Å². The molecule has 92 valence electrons. The van der Waals surface area contributed by atoms with E-state index >= 15 is 0 Å². The van der Waals surface area contributed by atoms with Gasteiger partial charge in [0.1, 0.15) is 0 Å². The molecule has 0 fully saturated rings. The van der Waals surface area contributed by atoms with Crippen LogP contribution in [0.1, 0.15) is 12.6 Å². The zero-order valence-electron chi connectivity index (χ0n) is 9.83. The van der Waals surface area contributed by atoms with Gasteiger partial charge in [0, 0.05) is 18.0 Å². The number of phenolic OH excluding ortho intramolecular Hbond substituents is 1. The first-order valence-electron chi connectivity index (χ1n) is 5.54. The molecule has 1 aromatic carbocycles. The van der Waals surface area contributed by atoms with Crippen molar-refractivity contribution in [2.75, 3.05) is 0 Å². The molecule has 2 aromatic rings. The predicted molar refractivity (Wildman–Crippen MR) is 67.4 cm³/mol. The molecule has 5 heteroatoms. The fourth-order valence-corrected chi connectivity index (χ4v) is 1.71. The van der Waals surface area contributed by atoms with Crippen LogP contribution in [-0.4, -0.2) is 15.0 Å². The molecular weight excluding hydrogens is 232 g/mol. The van der Waals surface area contributed by atoms with Crippen LogP contribution < -0.4 is 0 Å². The van der Waals surface area contributed by atoms with Crippen LogP contribution in [0.4, 0.5) is 5.69 Å². The Labute approximate surface area is 104 Å². The summed E-state index contributed by atoms with van der Waals surface area (Å²) in [6.45, 7) is 2.00. The van der Waals surface area contributed by atoms with Gasteiger partial charge < -0.3 is 5.11 Å². The zero-order valence-corrected chi connectivity index (χ0v) is 9.83. The first-order chi connectivity index (χ1) is 8.61. The van der Waals surface area contributed by atoms with E-state index in [1.165, 1.54) is 12.1 Å². The van der Waals surface area contributed by atoms with Crippen molar-refractivity contribution >= 4 is 5.69 Å². The van der Waals surface area contributed by atoms with E-state index in [2.05, 4.69) is 4.98 Å². The highest BCUT2D eigenvalue weighted by atomic mass is 16.6. The number of hydrogen-bond donors (Lipinski definition) is 1. The SMILES string of the molecule is CCc1cc(-c2ccc([N+](=O)[O-])c(O)c2)ccn1. The molecule has 5 nitrogen and oxygen atoms in total. The maximum atomic E-state index is 10.6. The van der Waals surface area contributed by atoms with Gasteiger partial charge in [0.25, 0.3) is 0 Å². The second-order valence-corrected chi connectivity index (χ2v) is 3.85. The third-order valence-corrected chi connectivity index (χ3v) is 2.68. The zero-order chi connectivity index (χ0) is 13.1. The number of rotatable bonds is 3. The second-order valence-electron chi connectivity index (χ2n) is 3.85. The summed E-state index contributed by atoms with van der Waals surface area (Å²) in [4.78, 5) is 14.2. The van der Waals surface area contributed by atoms with Gasteiger partial charge in [0.15, 0.2) is 5.75 Å². The van der Waals surface area contributed by atoms with Crippen molar-refractivity contribution in [3.63, 3.8) is 0 Å². The van der Waals surface area contributed by atoms with Crippen molar-refractivity contribution in [1.29, 1.82) is 0 Å². The molecular formula is C13H12N2O3. The Morgan fingerprint density at radius 3 is 2.61 bits per heavy atom. The standard InChI is InChI=1S/C13H12N2O3/c1-2-11-7-10(5-6-14-11)9-3-4-12(15(17)18)13(16)8-9/h3-8,16H,2H2,1H3. The minimum absolute atomic E-state index is 0.288. The number of hydrogen-bond acceptors (Lipinski definition) is 4. The Bertz CT molecular complexity index is 597. The Balaban J connectivity index is 2.45. The molecule has 1 N–H and O–H groups in total. The summed E-state index contributed by atoms with van der Waals surface area (Å²) in [5, 5.41) is 20.2. The number of nitro benzene ring substituents is 1. The first-order valence-corrected chi connectivity index (χ1v) is 5.54. The molecule has 0 aliphatic heterocycles. The number of aromatic nitrogens is 1. The fraction of sp³-hybridized carbons (Fsp3) is 0.154. The van der Waals surface area contributed by atoms with Gasteiger partial charge in [-0.05, 0) is 41.8 Å². The minimum Gasteiger partial charge on any atom is -0.502 e. The molecule has 0 bridgehead atoms. The average Bonchev–Trinajstić information content (AvgIpc) is 2.38. The van der Waals surface area contributed by atoms with Crippen molar-refractivity contribution < 1.29 is 10.0 Å². The third kappa shape index (κ3) is 2.29. The Hall–Kier alpha value is -2.43. The summed E-state index contributed by atoms with van der Waals surface area (Å²) in [5.41, 5.74) is 2.26. The molecule has 0 radical (unpaired) electrons. The Kier molecular flexibility index (Phi) is 3.23. The number of aromatic hydroxyl groups is 1. The van der Waals surface area contributed by atoms with Crippen LogP contribution in [0.3, 0.4) is 0 Å². The van der Waals surface area contributed by atoms with Crippen LogP contribution >= 0.6 is 0 Å². The van der Waals surface area contributed by atoms with Gasteiger partial charge in [-0.25, -0.2) is 0 Å². The summed E-state index contributed by atoms with van der Waals surface area (Å²) in [5.74, 6) is -0.327. The number of pyridine rings is 1. The van der Waals surface area contributed by atoms with E-state index in [1.807, 2.05) is 13.0 Å². The van der Waals surface area contributed by atoms with Crippen molar-refractivity contribution in [3.05, 3.63) is 52.3 Å². The normalized spacial score (nSPS) is 10.3. The van der Waals surface area contributed by atoms with Gasteiger partial charge in [-0.2, -0.15) is 0 Å². The van der Waals surface area contributed by atoms with Crippen molar-refractivity contribution in [2.24, 2.45) is 0 Å². The summed E-state index contributed by atoms with van der Waals surface area (Å²) < 4.78 is 0. The van der Waals surface area contributed by atoms with Gasteiger partial charge in [-0.1, -0.05) is 6.92 Å². The van der Waals surface area contributed by atoms with E-state index < -0.39 is 4.92 Å². The fourth-order valence-electron chi connectivity index (χ4n) is 1.71. The molecule has 0 saturated carbocycles. The van der Waals surface area contributed by atoms with Crippen LogP contribution in [0, 0.1) is 10.1 Å². The summed E-state index contributed by atoms with van der Waals surface area (Å²) in [6.07, 6.45) is 2.50. The molecule has 1 aromatic heterocycles. The van der Waals surface area contributed by atoms with Gasteiger partial charge in [0.2, 0.25) is 0 Å². The van der Waals surface area contributed by atoms with Crippen LogP contribution in [0.2, 0.25) is 0 Å². The highest BCUT2D eigenvalue weighted by Gasteiger charge is 2.13. The highest BCUT2D eigenvalue weighted by molar-refractivity contribution is 5.68. The number of nitro groups is 1. The molecule has 18 heavy (non-hydrogen) atoms. The van der Waals surface area contributed by atoms with E-state index in [0.29, 0.717) is 0 Å². The van der Waals surface area contributed by atoms with Gasteiger partial charge in [-0.3, -0.25) is 15.1 Å². The largest absolute Gasteiger partial charge is 0.502 e. The lowest BCUT2D eigenvalue weighted by molar-refractivity contribution is -0.385. The van der Waals surface area contributed by atoms with E-state index in [-0.39, 0.29) is 11.4 Å². The second kappa shape index (κ2) is 4.83. The number of phenols is 1. The monoisotopic (exact) mass is 244 g/mol. The first kappa shape index (κ1) is 12.0. The molecule has 0 saturated heterocycles. The quantitative estimate of drug-likeness (QED) is 0.665. The number of benzene rings is 1. The van der Waals surface area contributed by atoms with Crippen molar-refractivity contribution in [3.8, 4) is 16.9 Å². The van der Waals surface area contributed by atoms with Crippen molar-refractivity contribution in [2.45, 2.75) is 13.3 Å². The molecule has 0 aliphatic rings. The lowest BCUT2D eigenvalue weighted by atomic mass is 10.0. The molecule has 1 heterocycles. The maximum absolute atomic E-state index is 10.6. The third-order valence-electron chi connectivity index (χ3n) is 2.68. The highest BCUT2D eigenvalue weighted by Crippen LogP contribution is 2.31. The summed E-state index contributed by atoms with van der Waals surface area (Å²) >= 11 is 0. The van der Waals surface area contributed by atoms with Crippen LogP contribution in [0.25, 0.3) is 11.1 Å². The molecule has 0 atom stereocenters. The van der Waals surface area contributed by atoms with Crippen LogP contribution in [-0.2, 0) is 6.42 Å². The Morgan fingerprint density at radius 1 is 1.28 bits per heavy atom. The summed E-state index contributed by atoms with van der Waals surface area (Å²) in [7, 11) is 0. The number of nitrogens with zero attached hydrogens (tertiary/aromatic N) is 2. The van der Waals surface area contributed by atoms with Crippen LogP contribution in [0.5, 0.6) is 5.75 Å². The van der Waals surface area contributed by atoms with Gasteiger partial charge in [0.05, 0.1) is 4.92 Å².